The monoisotopic (exact) mass is 267 g/mol. The number of rotatable bonds is 2. The lowest BCUT2D eigenvalue weighted by atomic mass is 9.95. The van der Waals surface area contributed by atoms with E-state index in [0.717, 1.165) is 23.9 Å². The van der Waals surface area contributed by atoms with Crippen molar-refractivity contribution in [3.63, 3.8) is 0 Å². The Balaban J connectivity index is 1.62. The minimum atomic E-state index is 0.675. The summed E-state index contributed by atoms with van der Waals surface area (Å²) in [6.45, 7) is 7.02. The molecule has 0 bridgehead atoms. The minimum Gasteiger partial charge on any atom is -0.316 e. The molecule has 104 valence electrons. The number of para-hydroxylation sites is 1. The Hall–Kier alpha value is -1.45. The average Bonchev–Trinajstić information content (AvgIpc) is 3.04. The number of pyridine rings is 1. The number of hydrogen-bond acceptors (Lipinski definition) is 3. The van der Waals surface area contributed by atoms with Gasteiger partial charge < -0.3 is 5.32 Å². The van der Waals surface area contributed by atoms with Crippen LogP contribution in [0.2, 0.25) is 0 Å². The molecule has 2 fully saturated rings. The van der Waals surface area contributed by atoms with Crippen LogP contribution in [-0.2, 0) is 6.54 Å². The highest BCUT2D eigenvalue weighted by atomic mass is 15.2. The van der Waals surface area contributed by atoms with E-state index < -0.39 is 0 Å². The van der Waals surface area contributed by atoms with Crippen LogP contribution in [0.25, 0.3) is 10.9 Å². The van der Waals surface area contributed by atoms with Crippen molar-refractivity contribution in [1.29, 1.82) is 0 Å². The number of fused-ring (bicyclic) bond motifs is 2. The summed E-state index contributed by atoms with van der Waals surface area (Å²) in [4.78, 5) is 7.22. The van der Waals surface area contributed by atoms with Crippen molar-refractivity contribution in [3.05, 3.63) is 42.1 Å². The van der Waals surface area contributed by atoms with Gasteiger partial charge in [0.2, 0.25) is 0 Å². The van der Waals surface area contributed by atoms with Crippen molar-refractivity contribution in [2.75, 3.05) is 19.6 Å². The predicted octanol–water partition coefficient (Wildman–Crippen LogP) is 2.27. The molecular weight excluding hydrogens is 246 g/mol. The molecule has 0 amide bonds. The fraction of sp³-hybridized carbons (Fsp3) is 0.471. The van der Waals surface area contributed by atoms with Gasteiger partial charge in [0.25, 0.3) is 0 Å². The molecule has 3 heterocycles. The summed E-state index contributed by atoms with van der Waals surface area (Å²) < 4.78 is 0. The van der Waals surface area contributed by atoms with Crippen molar-refractivity contribution in [2.45, 2.75) is 19.5 Å². The molecule has 0 spiro atoms. The fourth-order valence-electron chi connectivity index (χ4n) is 3.98. The zero-order chi connectivity index (χ0) is 13.5. The molecular formula is C17H21N3. The summed E-state index contributed by atoms with van der Waals surface area (Å²) in [5.74, 6) is 1.67. The Labute approximate surface area is 120 Å². The summed E-state index contributed by atoms with van der Waals surface area (Å²) in [6, 6.07) is 11.4. The van der Waals surface area contributed by atoms with E-state index >= 15 is 0 Å². The van der Waals surface area contributed by atoms with Crippen LogP contribution in [-0.4, -0.2) is 35.6 Å². The number of aromatic nitrogens is 1. The highest BCUT2D eigenvalue weighted by Gasteiger charge is 2.41. The van der Waals surface area contributed by atoms with Crippen LogP contribution in [0.3, 0.4) is 0 Å². The number of nitrogens with one attached hydrogen (secondary N) is 1. The van der Waals surface area contributed by atoms with Crippen LogP contribution < -0.4 is 5.32 Å². The van der Waals surface area contributed by atoms with Crippen LogP contribution >= 0.6 is 0 Å². The topological polar surface area (TPSA) is 28.2 Å². The van der Waals surface area contributed by atoms with Gasteiger partial charge in [0, 0.05) is 30.7 Å². The second kappa shape index (κ2) is 4.83. The van der Waals surface area contributed by atoms with Gasteiger partial charge in [-0.15, -0.1) is 0 Å². The van der Waals surface area contributed by atoms with E-state index in [1.165, 1.54) is 30.6 Å². The van der Waals surface area contributed by atoms with Gasteiger partial charge in [0.1, 0.15) is 0 Å². The van der Waals surface area contributed by atoms with Crippen LogP contribution in [0.15, 0.2) is 36.5 Å². The molecule has 3 nitrogen and oxygen atoms in total. The van der Waals surface area contributed by atoms with Crippen LogP contribution in [0.1, 0.15) is 12.5 Å². The summed E-state index contributed by atoms with van der Waals surface area (Å²) in [6.07, 6.45) is 1.90. The number of hydrogen-bond donors (Lipinski definition) is 1. The second-order valence-corrected chi connectivity index (χ2v) is 6.24. The normalized spacial score (nSPS) is 29.9. The van der Waals surface area contributed by atoms with Gasteiger partial charge in [-0.3, -0.25) is 9.88 Å². The second-order valence-electron chi connectivity index (χ2n) is 6.24. The molecule has 0 saturated carbocycles. The highest BCUT2D eigenvalue weighted by Crippen LogP contribution is 2.33. The smallest absolute Gasteiger partial charge is 0.0746 e. The van der Waals surface area contributed by atoms with E-state index in [4.69, 9.17) is 0 Å². The molecule has 1 N–H and O–H groups in total. The largest absolute Gasteiger partial charge is 0.316 e. The fourth-order valence-corrected chi connectivity index (χ4v) is 3.98. The molecule has 1 aromatic heterocycles. The first-order valence-corrected chi connectivity index (χ1v) is 7.60. The van der Waals surface area contributed by atoms with Crippen molar-refractivity contribution in [2.24, 2.45) is 11.8 Å². The third-order valence-corrected chi connectivity index (χ3v) is 5.15. The number of nitrogens with zero attached hydrogens (tertiary/aromatic N) is 2. The first-order valence-electron chi connectivity index (χ1n) is 7.60. The molecule has 2 saturated heterocycles. The number of benzene rings is 1. The van der Waals surface area contributed by atoms with E-state index in [1.807, 2.05) is 12.3 Å². The van der Waals surface area contributed by atoms with Crippen molar-refractivity contribution >= 4 is 10.9 Å². The molecule has 0 radical (unpaired) electrons. The Kier molecular flexibility index (Phi) is 2.97. The molecule has 3 unspecified atom stereocenters. The van der Waals surface area contributed by atoms with Gasteiger partial charge >= 0.3 is 0 Å². The number of likely N-dealkylation sites (tertiary alicyclic amines) is 1. The summed E-state index contributed by atoms with van der Waals surface area (Å²) in [5.41, 5.74) is 2.53. The Bertz CT molecular complexity index is 619. The van der Waals surface area contributed by atoms with E-state index in [1.54, 1.807) is 0 Å². The van der Waals surface area contributed by atoms with Crippen molar-refractivity contribution in [1.82, 2.24) is 15.2 Å². The van der Waals surface area contributed by atoms with Crippen LogP contribution in [0.5, 0.6) is 0 Å². The average molecular weight is 267 g/mol. The maximum absolute atomic E-state index is 4.58. The molecule has 1 aromatic carbocycles. The SMILES string of the molecule is CC1C2CNCC2CN1Cc1cccc2cccnc12. The zero-order valence-corrected chi connectivity index (χ0v) is 11.9. The van der Waals surface area contributed by atoms with Gasteiger partial charge in [0.05, 0.1) is 5.52 Å². The molecule has 2 aromatic rings. The lowest BCUT2D eigenvalue weighted by molar-refractivity contribution is 0.232. The van der Waals surface area contributed by atoms with Crippen molar-refractivity contribution < 1.29 is 0 Å². The molecule has 0 aliphatic carbocycles. The van der Waals surface area contributed by atoms with Gasteiger partial charge in [0.15, 0.2) is 0 Å². The highest BCUT2D eigenvalue weighted by molar-refractivity contribution is 5.81. The quantitative estimate of drug-likeness (QED) is 0.905. The van der Waals surface area contributed by atoms with Crippen molar-refractivity contribution in [3.8, 4) is 0 Å². The zero-order valence-electron chi connectivity index (χ0n) is 11.9. The van der Waals surface area contributed by atoms with Gasteiger partial charge in [-0.25, -0.2) is 0 Å². The summed E-state index contributed by atoms with van der Waals surface area (Å²) in [7, 11) is 0. The standard InChI is InChI=1S/C17H21N3/c1-12-16-9-18-8-15(16)11-20(12)10-14-5-2-4-13-6-3-7-19-17(13)14/h2-7,12,15-16,18H,8-11H2,1H3. The lowest BCUT2D eigenvalue weighted by Gasteiger charge is -2.24. The van der Waals surface area contributed by atoms with E-state index in [-0.39, 0.29) is 0 Å². The molecule has 3 atom stereocenters. The Morgan fingerprint density at radius 3 is 3.05 bits per heavy atom. The van der Waals surface area contributed by atoms with Gasteiger partial charge in [-0.05, 0) is 43.5 Å². The van der Waals surface area contributed by atoms with Crippen LogP contribution in [0, 0.1) is 11.8 Å². The van der Waals surface area contributed by atoms with E-state index in [9.17, 15) is 0 Å². The first-order chi connectivity index (χ1) is 9.83. The maximum Gasteiger partial charge on any atom is 0.0746 e. The van der Waals surface area contributed by atoms with E-state index in [2.05, 4.69) is 46.4 Å². The first kappa shape index (κ1) is 12.3. The van der Waals surface area contributed by atoms with Crippen LogP contribution in [0.4, 0.5) is 0 Å². The Morgan fingerprint density at radius 2 is 2.15 bits per heavy atom. The molecule has 20 heavy (non-hydrogen) atoms. The molecule has 2 aliphatic rings. The summed E-state index contributed by atoms with van der Waals surface area (Å²) >= 11 is 0. The molecule has 3 heteroatoms. The predicted molar refractivity (Wildman–Crippen MR) is 81.5 cm³/mol. The lowest BCUT2D eigenvalue weighted by Crippen LogP contribution is -2.32. The van der Waals surface area contributed by atoms with Gasteiger partial charge in [-0.2, -0.15) is 0 Å². The third kappa shape index (κ3) is 1.93. The molecule has 2 aliphatic heterocycles. The minimum absolute atomic E-state index is 0.675. The van der Waals surface area contributed by atoms with Gasteiger partial charge in [-0.1, -0.05) is 24.3 Å². The third-order valence-electron chi connectivity index (χ3n) is 5.15. The Morgan fingerprint density at radius 1 is 1.25 bits per heavy atom. The summed E-state index contributed by atoms with van der Waals surface area (Å²) in [5, 5.41) is 4.78. The molecule has 4 rings (SSSR count). The van der Waals surface area contributed by atoms with E-state index in [0.29, 0.717) is 6.04 Å². The maximum atomic E-state index is 4.58.